The van der Waals surface area contributed by atoms with Gasteiger partial charge in [-0.1, -0.05) is 0 Å². The Hall–Kier alpha value is -3.23. The molecule has 0 unspecified atom stereocenters. The van der Waals surface area contributed by atoms with Gasteiger partial charge >= 0.3 is 12.2 Å². The van der Waals surface area contributed by atoms with E-state index >= 15 is 0 Å². The zero-order chi connectivity index (χ0) is 23.3. The van der Waals surface area contributed by atoms with Crippen molar-refractivity contribution in [2.75, 3.05) is 41.7 Å². The molecule has 3 amide bonds. The Kier molecular flexibility index (Phi) is 7.27. The molecular weight excluding hydrogens is 421 g/mol. The van der Waals surface area contributed by atoms with E-state index in [1.807, 2.05) is 19.9 Å². The Morgan fingerprint density at radius 3 is 2.06 bits per heavy atom. The number of nitrogens with one attached hydrogen (secondary N) is 2. The van der Waals surface area contributed by atoms with Crippen molar-refractivity contribution in [3.63, 3.8) is 0 Å². The number of anilines is 3. The molecule has 9 heteroatoms. The van der Waals surface area contributed by atoms with E-state index in [9.17, 15) is 22.8 Å². The quantitative estimate of drug-likeness (QED) is 0.619. The van der Waals surface area contributed by atoms with Crippen LogP contribution in [0.25, 0.3) is 0 Å². The molecule has 0 bridgehead atoms. The lowest BCUT2D eigenvalue weighted by molar-refractivity contribution is -0.137. The molecule has 0 saturated carbocycles. The molecule has 1 fully saturated rings. The maximum atomic E-state index is 13.1. The van der Waals surface area contributed by atoms with Crippen LogP contribution in [0.2, 0.25) is 0 Å². The Morgan fingerprint density at radius 2 is 1.50 bits per heavy atom. The maximum Gasteiger partial charge on any atom is 0.416 e. The number of rotatable bonds is 6. The van der Waals surface area contributed by atoms with Gasteiger partial charge in [0.25, 0.3) is 5.91 Å². The number of hydrogen-bond donors (Lipinski definition) is 2. The predicted octanol–water partition coefficient (Wildman–Crippen LogP) is 5.43. The van der Waals surface area contributed by atoms with Crippen LogP contribution in [0.5, 0.6) is 0 Å². The second-order valence-electron chi connectivity index (χ2n) is 7.56. The molecule has 2 aromatic carbocycles. The smallest absolute Gasteiger partial charge is 0.371 e. The fourth-order valence-electron chi connectivity index (χ4n) is 3.74. The van der Waals surface area contributed by atoms with Crippen molar-refractivity contribution >= 4 is 29.0 Å². The Morgan fingerprint density at radius 1 is 0.938 bits per heavy atom. The van der Waals surface area contributed by atoms with Crippen LogP contribution < -0.4 is 15.5 Å². The summed E-state index contributed by atoms with van der Waals surface area (Å²) in [7, 11) is 0. The van der Waals surface area contributed by atoms with E-state index in [1.54, 1.807) is 17.0 Å². The van der Waals surface area contributed by atoms with Gasteiger partial charge in [0.2, 0.25) is 0 Å². The Labute approximate surface area is 185 Å². The molecular formula is C23H27F3N4O2. The molecule has 3 rings (SSSR count). The van der Waals surface area contributed by atoms with Crippen molar-refractivity contribution < 1.29 is 22.8 Å². The molecule has 1 aliphatic rings. The summed E-state index contributed by atoms with van der Waals surface area (Å²) in [5.74, 6) is -0.108. The molecule has 0 aromatic heterocycles. The van der Waals surface area contributed by atoms with Crippen LogP contribution in [-0.4, -0.2) is 43.0 Å². The first-order valence-electron chi connectivity index (χ1n) is 10.7. The topological polar surface area (TPSA) is 64.7 Å². The van der Waals surface area contributed by atoms with E-state index in [0.717, 1.165) is 43.8 Å². The molecule has 0 radical (unpaired) electrons. The number of carbonyl (C=O) groups excluding carboxylic acids is 2. The van der Waals surface area contributed by atoms with Crippen LogP contribution in [0.1, 0.15) is 42.6 Å². The van der Waals surface area contributed by atoms with Crippen LogP contribution in [0.3, 0.4) is 0 Å². The average Bonchev–Trinajstić information content (AvgIpc) is 3.29. The largest absolute Gasteiger partial charge is 0.416 e. The van der Waals surface area contributed by atoms with E-state index in [2.05, 4.69) is 15.5 Å². The van der Waals surface area contributed by atoms with Gasteiger partial charge in [-0.25, -0.2) is 4.79 Å². The summed E-state index contributed by atoms with van der Waals surface area (Å²) in [4.78, 5) is 29.4. The highest BCUT2D eigenvalue weighted by atomic mass is 19.4. The third-order valence-electron chi connectivity index (χ3n) is 5.45. The summed E-state index contributed by atoms with van der Waals surface area (Å²) < 4.78 is 38.1. The molecule has 1 saturated heterocycles. The third kappa shape index (κ3) is 5.52. The highest BCUT2D eigenvalue weighted by Gasteiger charge is 2.30. The van der Waals surface area contributed by atoms with Crippen molar-refractivity contribution in [1.82, 2.24) is 4.90 Å². The van der Waals surface area contributed by atoms with Crippen LogP contribution in [0, 0.1) is 0 Å². The first kappa shape index (κ1) is 23.4. The summed E-state index contributed by atoms with van der Waals surface area (Å²) in [6.45, 7) is 6.72. The monoisotopic (exact) mass is 448 g/mol. The minimum absolute atomic E-state index is 0.108. The van der Waals surface area contributed by atoms with E-state index in [-0.39, 0.29) is 11.6 Å². The number of carbonyl (C=O) groups is 2. The van der Waals surface area contributed by atoms with Gasteiger partial charge in [0.05, 0.1) is 11.1 Å². The average molecular weight is 448 g/mol. The highest BCUT2D eigenvalue weighted by molar-refractivity contribution is 6.04. The molecule has 6 nitrogen and oxygen atoms in total. The Bertz CT molecular complexity index is 951. The fraction of sp³-hybridized carbons (Fsp3) is 0.391. The first-order chi connectivity index (χ1) is 15.2. The number of benzene rings is 2. The number of halogens is 3. The van der Waals surface area contributed by atoms with E-state index in [4.69, 9.17) is 0 Å². The summed E-state index contributed by atoms with van der Waals surface area (Å²) in [6.07, 6.45) is -2.31. The van der Waals surface area contributed by atoms with Gasteiger partial charge < -0.3 is 20.4 Å². The minimum atomic E-state index is -4.44. The normalized spacial score (nSPS) is 13.7. The third-order valence-corrected chi connectivity index (χ3v) is 5.45. The van der Waals surface area contributed by atoms with E-state index < -0.39 is 17.8 Å². The summed E-state index contributed by atoms with van der Waals surface area (Å²) >= 11 is 0. The molecule has 0 atom stereocenters. The molecule has 0 aliphatic carbocycles. The zero-order valence-electron chi connectivity index (χ0n) is 18.1. The summed E-state index contributed by atoms with van der Waals surface area (Å²) in [5, 5.41) is 5.17. The summed E-state index contributed by atoms with van der Waals surface area (Å²) in [6, 6.07) is 8.78. The second kappa shape index (κ2) is 9.93. The van der Waals surface area contributed by atoms with Crippen molar-refractivity contribution in [2.24, 2.45) is 0 Å². The molecule has 1 heterocycles. The van der Waals surface area contributed by atoms with Crippen LogP contribution in [-0.2, 0) is 6.18 Å². The van der Waals surface area contributed by atoms with Crippen molar-refractivity contribution in [3.05, 3.63) is 53.6 Å². The first-order valence-corrected chi connectivity index (χ1v) is 10.7. The molecule has 0 spiro atoms. The highest BCUT2D eigenvalue weighted by Crippen LogP contribution is 2.30. The minimum Gasteiger partial charge on any atom is -0.371 e. The molecule has 2 aromatic rings. The van der Waals surface area contributed by atoms with Gasteiger partial charge in [-0.2, -0.15) is 13.2 Å². The number of alkyl halides is 3. The lowest BCUT2D eigenvalue weighted by atomic mass is 10.1. The standard InChI is InChI=1S/C23H27F3N4O2/c1-3-29(4-2)21(31)19-15-18(11-12-20(19)30-13-5-6-14-30)28-22(32)27-17-9-7-16(8-10-17)23(24,25)26/h7-12,15H,3-6,13-14H2,1-2H3,(H2,27,28,32). The lowest BCUT2D eigenvalue weighted by Crippen LogP contribution is -2.32. The molecule has 1 aliphatic heterocycles. The van der Waals surface area contributed by atoms with Crippen molar-refractivity contribution in [3.8, 4) is 0 Å². The number of hydrogen-bond acceptors (Lipinski definition) is 3. The van der Waals surface area contributed by atoms with Crippen molar-refractivity contribution in [1.29, 1.82) is 0 Å². The van der Waals surface area contributed by atoms with E-state index in [0.29, 0.717) is 24.3 Å². The van der Waals surface area contributed by atoms with Crippen molar-refractivity contribution in [2.45, 2.75) is 32.9 Å². The number of nitrogens with zero attached hydrogens (tertiary/aromatic N) is 2. The van der Waals surface area contributed by atoms with E-state index in [1.165, 1.54) is 12.1 Å². The molecule has 172 valence electrons. The number of amides is 3. The van der Waals surface area contributed by atoms with Gasteiger partial charge in [-0.3, -0.25) is 4.79 Å². The lowest BCUT2D eigenvalue weighted by Gasteiger charge is -2.25. The zero-order valence-corrected chi connectivity index (χ0v) is 18.1. The maximum absolute atomic E-state index is 13.1. The second-order valence-corrected chi connectivity index (χ2v) is 7.56. The Balaban J connectivity index is 1.77. The van der Waals surface area contributed by atoms with Crippen LogP contribution in [0.15, 0.2) is 42.5 Å². The van der Waals surface area contributed by atoms with Crippen LogP contribution >= 0.6 is 0 Å². The van der Waals surface area contributed by atoms with Gasteiger partial charge in [0.15, 0.2) is 0 Å². The van der Waals surface area contributed by atoms with Crippen LogP contribution in [0.4, 0.5) is 35.0 Å². The number of urea groups is 1. The van der Waals surface area contributed by atoms with Gasteiger partial charge in [-0.15, -0.1) is 0 Å². The van der Waals surface area contributed by atoms with Gasteiger partial charge in [0.1, 0.15) is 0 Å². The summed E-state index contributed by atoms with van der Waals surface area (Å²) in [5.41, 5.74) is 1.22. The molecule has 32 heavy (non-hydrogen) atoms. The predicted molar refractivity (Wildman–Crippen MR) is 119 cm³/mol. The molecule has 2 N–H and O–H groups in total. The van der Waals surface area contributed by atoms with Gasteiger partial charge in [-0.05, 0) is 69.2 Å². The SMILES string of the molecule is CCN(CC)C(=O)c1cc(NC(=O)Nc2ccc(C(F)(F)F)cc2)ccc1N1CCCC1. The van der Waals surface area contributed by atoms with Gasteiger partial charge in [0, 0.05) is 43.2 Å². The fourth-order valence-corrected chi connectivity index (χ4v) is 3.74.